The maximum atomic E-state index is 5.51. The van der Waals surface area contributed by atoms with Crippen molar-refractivity contribution in [3.63, 3.8) is 0 Å². The molecule has 0 aromatic carbocycles. The molecule has 106 valence electrons. The molecule has 0 radical (unpaired) electrons. The smallest absolute Gasteiger partial charge is 0.148 e. The van der Waals surface area contributed by atoms with Crippen molar-refractivity contribution >= 4 is 11.6 Å². The molecule has 2 rings (SSSR count). The number of hydrogen-bond acceptors (Lipinski definition) is 6. The van der Waals surface area contributed by atoms with Crippen LogP contribution in [0.25, 0.3) is 0 Å². The number of nitrogens with two attached hydrogens (primary N) is 1. The minimum atomic E-state index is 0.359. The quantitative estimate of drug-likeness (QED) is 0.554. The molecule has 0 amide bonds. The molecule has 0 saturated heterocycles. The molecule has 6 nitrogen and oxygen atoms in total. The summed E-state index contributed by atoms with van der Waals surface area (Å²) in [6, 6.07) is 0.411. The zero-order valence-electron chi connectivity index (χ0n) is 11.9. The third-order valence-corrected chi connectivity index (χ3v) is 3.70. The number of aromatic nitrogens is 2. The van der Waals surface area contributed by atoms with Gasteiger partial charge in [0, 0.05) is 25.1 Å². The van der Waals surface area contributed by atoms with Gasteiger partial charge >= 0.3 is 0 Å². The van der Waals surface area contributed by atoms with Gasteiger partial charge in [0.2, 0.25) is 0 Å². The molecule has 19 heavy (non-hydrogen) atoms. The van der Waals surface area contributed by atoms with Crippen LogP contribution in [0, 0.1) is 6.92 Å². The van der Waals surface area contributed by atoms with Gasteiger partial charge in [-0.05, 0) is 26.2 Å². The van der Waals surface area contributed by atoms with Gasteiger partial charge < -0.3 is 15.5 Å². The Morgan fingerprint density at radius 3 is 2.63 bits per heavy atom. The fourth-order valence-corrected chi connectivity index (χ4v) is 2.48. The van der Waals surface area contributed by atoms with E-state index in [0.29, 0.717) is 18.0 Å². The number of methoxy groups -OCH3 is 1. The number of hydrazine groups is 1. The van der Waals surface area contributed by atoms with E-state index in [1.807, 2.05) is 13.8 Å². The zero-order chi connectivity index (χ0) is 13.8. The first-order valence-corrected chi connectivity index (χ1v) is 6.81. The number of nitrogens with zero attached hydrogens (tertiary/aromatic N) is 2. The molecule has 4 N–H and O–H groups in total. The van der Waals surface area contributed by atoms with Crippen molar-refractivity contribution in [3.8, 4) is 0 Å². The SMILES string of the molecule is CCc1nc(NN)c(C)c(NC2CCC(OC)C2)n1. The number of nitrogens with one attached hydrogen (secondary N) is 2. The van der Waals surface area contributed by atoms with E-state index in [9.17, 15) is 0 Å². The Kier molecular flexibility index (Phi) is 4.55. The first-order valence-electron chi connectivity index (χ1n) is 6.81. The van der Waals surface area contributed by atoms with Gasteiger partial charge in [0.25, 0.3) is 0 Å². The van der Waals surface area contributed by atoms with Crippen molar-refractivity contribution in [2.24, 2.45) is 5.84 Å². The largest absolute Gasteiger partial charge is 0.381 e. The minimum absolute atomic E-state index is 0.359. The molecule has 0 aliphatic heterocycles. The summed E-state index contributed by atoms with van der Waals surface area (Å²) in [6.07, 6.45) is 4.37. The van der Waals surface area contributed by atoms with Gasteiger partial charge in [0.05, 0.1) is 6.10 Å². The number of nitrogen functional groups attached to an aromatic ring is 1. The number of hydrogen-bond donors (Lipinski definition) is 3. The summed E-state index contributed by atoms with van der Waals surface area (Å²) < 4.78 is 5.39. The summed E-state index contributed by atoms with van der Waals surface area (Å²) in [5.74, 6) is 7.87. The molecule has 6 heteroatoms. The molecule has 1 aromatic rings. The molecular weight excluding hydrogens is 242 g/mol. The van der Waals surface area contributed by atoms with Gasteiger partial charge in [-0.1, -0.05) is 6.92 Å². The predicted molar refractivity (Wildman–Crippen MR) is 76.0 cm³/mol. The highest BCUT2D eigenvalue weighted by molar-refractivity contribution is 5.57. The van der Waals surface area contributed by atoms with Gasteiger partial charge in [0.1, 0.15) is 17.5 Å². The van der Waals surface area contributed by atoms with E-state index in [2.05, 4.69) is 20.7 Å². The lowest BCUT2D eigenvalue weighted by molar-refractivity contribution is 0.108. The molecule has 1 saturated carbocycles. The normalized spacial score (nSPS) is 22.5. The second-order valence-corrected chi connectivity index (χ2v) is 4.97. The molecule has 2 atom stereocenters. The summed E-state index contributed by atoms with van der Waals surface area (Å²) in [5.41, 5.74) is 3.60. The third-order valence-electron chi connectivity index (χ3n) is 3.70. The molecule has 1 heterocycles. The van der Waals surface area contributed by atoms with E-state index in [4.69, 9.17) is 10.6 Å². The Hall–Kier alpha value is -1.40. The molecule has 1 aliphatic rings. The van der Waals surface area contributed by atoms with E-state index in [-0.39, 0.29) is 0 Å². The molecular formula is C13H23N5O. The second-order valence-electron chi connectivity index (χ2n) is 4.97. The van der Waals surface area contributed by atoms with Crippen molar-refractivity contribution in [2.75, 3.05) is 17.9 Å². The molecule has 1 aromatic heterocycles. The average molecular weight is 265 g/mol. The summed E-state index contributed by atoms with van der Waals surface area (Å²) in [7, 11) is 1.77. The van der Waals surface area contributed by atoms with Crippen molar-refractivity contribution < 1.29 is 4.74 Å². The monoisotopic (exact) mass is 265 g/mol. The Labute approximate surface area is 114 Å². The number of ether oxygens (including phenoxy) is 1. The Bertz CT molecular complexity index is 437. The van der Waals surface area contributed by atoms with E-state index in [1.54, 1.807) is 7.11 Å². The van der Waals surface area contributed by atoms with Crippen LogP contribution in [0.15, 0.2) is 0 Å². The van der Waals surface area contributed by atoms with Gasteiger partial charge in [-0.3, -0.25) is 0 Å². The van der Waals surface area contributed by atoms with Gasteiger partial charge in [0.15, 0.2) is 0 Å². The molecule has 1 fully saturated rings. The third kappa shape index (κ3) is 3.13. The van der Waals surface area contributed by atoms with E-state index < -0.39 is 0 Å². The van der Waals surface area contributed by atoms with Crippen LogP contribution in [0.2, 0.25) is 0 Å². The topological polar surface area (TPSA) is 85.1 Å². The fourth-order valence-electron chi connectivity index (χ4n) is 2.48. The number of anilines is 2. The first-order chi connectivity index (χ1) is 9.17. The van der Waals surface area contributed by atoms with Crippen LogP contribution in [0.5, 0.6) is 0 Å². The average Bonchev–Trinajstić information content (AvgIpc) is 2.88. The lowest BCUT2D eigenvalue weighted by atomic mass is 10.2. The van der Waals surface area contributed by atoms with Crippen LogP contribution in [0.4, 0.5) is 11.6 Å². The Balaban J connectivity index is 2.15. The van der Waals surface area contributed by atoms with Crippen LogP contribution >= 0.6 is 0 Å². The summed E-state index contributed by atoms with van der Waals surface area (Å²) >= 11 is 0. The van der Waals surface area contributed by atoms with Gasteiger partial charge in [-0.2, -0.15) is 0 Å². The fraction of sp³-hybridized carbons (Fsp3) is 0.692. The van der Waals surface area contributed by atoms with E-state index >= 15 is 0 Å². The van der Waals surface area contributed by atoms with E-state index in [1.165, 1.54) is 0 Å². The van der Waals surface area contributed by atoms with E-state index in [0.717, 1.165) is 42.9 Å². The Morgan fingerprint density at radius 1 is 1.32 bits per heavy atom. The zero-order valence-corrected chi connectivity index (χ0v) is 11.9. The molecule has 0 spiro atoms. The maximum Gasteiger partial charge on any atom is 0.148 e. The second kappa shape index (κ2) is 6.16. The predicted octanol–water partition coefficient (Wildman–Crippen LogP) is 1.61. The number of aryl methyl sites for hydroxylation is 1. The lowest BCUT2D eigenvalue weighted by Crippen LogP contribution is -2.21. The van der Waals surface area contributed by atoms with Crippen molar-refractivity contribution in [2.45, 2.75) is 51.7 Å². The van der Waals surface area contributed by atoms with Crippen molar-refractivity contribution in [1.82, 2.24) is 9.97 Å². The van der Waals surface area contributed by atoms with Crippen molar-refractivity contribution in [1.29, 1.82) is 0 Å². The van der Waals surface area contributed by atoms with Gasteiger partial charge in [-0.15, -0.1) is 0 Å². The highest BCUT2D eigenvalue weighted by atomic mass is 16.5. The minimum Gasteiger partial charge on any atom is -0.381 e. The summed E-state index contributed by atoms with van der Waals surface area (Å²) in [4.78, 5) is 8.92. The standard InChI is InChI=1S/C13H23N5O/c1-4-11-16-12(8(2)13(17-11)18-14)15-9-5-6-10(7-9)19-3/h9-10H,4-7,14H2,1-3H3,(H2,15,16,17,18). The highest BCUT2D eigenvalue weighted by Crippen LogP contribution is 2.27. The summed E-state index contributed by atoms with van der Waals surface area (Å²) in [5, 5.41) is 3.50. The molecule has 2 unspecified atom stereocenters. The van der Waals surface area contributed by atoms with Crippen LogP contribution in [0.3, 0.4) is 0 Å². The van der Waals surface area contributed by atoms with Crippen LogP contribution in [-0.4, -0.2) is 29.2 Å². The highest BCUT2D eigenvalue weighted by Gasteiger charge is 2.25. The van der Waals surface area contributed by atoms with Crippen LogP contribution < -0.4 is 16.6 Å². The Morgan fingerprint density at radius 2 is 2.05 bits per heavy atom. The molecule has 0 bridgehead atoms. The van der Waals surface area contributed by atoms with Crippen molar-refractivity contribution in [3.05, 3.63) is 11.4 Å². The van der Waals surface area contributed by atoms with Crippen LogP contribution in [-0.2, 0) is 11.2 Å². The maximum absolute atomic E-state index is 5.51. The summed E-state index contributed by atoms with van der Waals surface area (Å²) in [6.45, 7) is 4.00. The first kappa shape index (κ1) is 14.0. The lowest BCUT2D eigenvalue weighted by Gasteiger charge is -2.17. The molecule has 1 aliphatic carbocycles. The van der Waals surface area contributed by atoms with Gasteiger partial charge in [-0.25, -0.2) is 15.8 Å². The number of rotatable bonds is 5. The van der Waals surface area contributed by atoms with Crippen LogP contribution in [0.1, 0.15) is 37.6 Å².